The summed E-state index contributed by atoms with van der Waals surface area (Å²) in [5, 5.41) is 70.7. The molecular weight excluding hydrogens is 845 g/mol. The first kappa shape index (κ1) is 69.4. The van der Waals surface area contributed by atoms with Crippen LogP contribution in [0.1, 0.15) is 235 Å². The summed E-state index contributed by atoms with van der Waals surface area (Å²) in [6, 6.07) is 0. The molecule has 61 heavy (non-hydrogen) atoms. The normalized spacial score (nSPS) is 12.7. The molecule has 368 valence electrons. The van der Waals surface area contributed by atoms with Crippen molar-refractivity contribution in [1.29, 1.82) is 0 Å². The molecule has 0 radical (unpaired) electrons. The van der Waals surface area contributed by atoms with Gasteiger partial charge in [0.25, 0.3) is 0 Å². The zero-order chi connectivity index (χ0) is 47.7. The molecule has 0 rings (SSSR count). The Morgan fingerprint density at radius 3 is 0.574 bits per heavy atom. The second kappa shape index (κ2) is 53.7. The van der Waals surface area contributed by atoms with E-state index in [2.05, 4.69) is 27.7 Å². The van der Waals surface area contributed by atoms with Gasteiger partial charge in [0.05, 0.1) is 31.8 Å². The minimum Gasteiger partial charge on any atom is -0.502 e. The van der Waals surface area contributed by atoms with E-state index in [4.69, 9.17) is 89.7 Å². The number of hydrogen-bond donors (Lipinski definition) is 8. The van der Waals surface area contributed by atoms with Gasteiger partial charge in [-0.3, -0.25) is 0 Å². The van der Waals surface area contributed by atoms with Crippen LogP contribution in [0.2, 0.25) is 0 Å². The van der Waals surface area contributed by atoms with E-state index in [1.54, 1.807) is 0 Å². The number of aliphatic hydroxyl groups excluding tert-OH is 8. The Bertz CT molecular complexity index is 806. The van der Waals surface area contributed by atoms with Gasteiger partial charge in [0.2, 0.25) is 0 Å². The first-order valence-corrected chi connectivity index (χ1v) is 25.9. The fourth-order valence-electron chi connectivity index (χ4n) is 5.72. The van der Waals surface area contributed by atoms with E-state index in [-0.39, 0.29) is 43.9 Å². The van der Waals surface area contributed by atoms with Gasteiger partial charge in [0, 0.05) is 23.7 Å². The molecular formula is C49H100O8S4. The molecule has 0 amide bonds. The quantitative estimate of drug-likeness (QED) is 0.0222. The number of hydrogen-bond acceptors (Lipinski definition) is 8. The van der Waals surface area contributed by atoms with Crippen LogP contribution in [0.4, 0.5) is 0 Å². The highest BCUT2D eigenvalue weighted by Gasteiger charge is 2.26. The lowest BCUT2D eigenvalue weighted by Gasteiger charge is -2.23. The molecule has 0 aromatic rings. The standard InChI is InChI=1S/4C11H22OS.C5H12O4/c4*1-3-4-5-6-7-8-9-10(2)11(12)13;6-1-5(2-7,3-8)4-9/h4*10H,3-9H2,1-2H3,(H,12,13);6-9H,1-4H2. The van der Waals surface area contributed by atoms with Crippen molar-refractivity contribution in [2.45, 2.75) is 235 Å². The van der Waals surface area contributed by atoms with Crippen LogP contribution in [0.3, 0.4) is 0 Å². The molecule has 0 saturated carbocycles. The summed E-state index contributed by atoms with van der Waals surface area (Å²) >= 11 is 18.8. The molecule has 0 aliphatic rings. The lowest BCUT2D eigenvalue weighted by molar-refractivity contribution is -0.0328. The second-order valence-electron chi connectivity index (χ2n) is 17.3. The highest BCUT2D eigenvalue weighted by molar-refractivity contribution is 7.80. The van der Waals surface area contributed by atoms with E-state index in [0.717, 1.165) is 25.7 Å². The van der Waals surface area contributed by atoms with E-state index in [0.29, 0.717) is 0 Å². The first-order chi connectivity index (χ1) is 29.0. The van der Waals surface area contributed by atoms with Crippen LogP contribution >= 0.6 is 48.9 Å². The summed E-state index contributed by atoms with van der Waals surface area (Å²) in [4.78, 5) is 0. The average Bonchev–Trinajstić information content (AvgIpc) is 3.24. The highest BCUT2D eigenvalue weighted by atomic mass is 32.1. The summed E-state index contributed by atoms with van der Waals surface area (Å²) in [6.45, 7) is 15.3. The predicted octanol–water partition coefficient (Wildman–Crippen LogP) is 15.0. The molecule has 8 nitrogen and oxygen atoms in total. The van der Waals surface area contributed by atoms with E-state index in [1.807, 2.05) is 27.7 Å². The average molecular weight is 946 g/mol. The van der Waals surface area contributed by atoms with Crippen molar-refractivity contribution >= 4 is 69.1 Å². The molecule has 0 saturated heterocycles. The Balaban J connectivity index is -0.000000215. The Morgan fingerprint density at radius 1 is 0.311 bits per heavy atom. The van der Waals surface area contributed by atoms with Gasteiger partial charge in [-0.15, -0.1) is 0 Å². The van der Waals surface area contributed by atoms with Crippen LogP contribution in [0.25, 0.3) is 0 Å². The van der Waals surface area contributed by atoms with Gasteiger partial charge in [0.1, 0.15) is 0 Å². The zero-order valence-electron chi connectivity index (χ0n) is 40.6. The van der Waals surface area contributed by atoms with Crippen molar-refractivity contribution in [3.05, 3.63) is 0 Å². The summed E-state index contributed by atoms with van der Waals surface area (Å²) in [5.41, 5.74) is -1.11. The minimum absolute atomic E-state index is 0.175. The molecule has 12 heteroatoms. The van der Waals surface area contributed by atoms with Crippen LogP contribution in [-0.4, -0.2) is 87.5 Å². The van der Waals surface area contributed by atoms with Crippen molar-refractivity contribution in [2.24, 2.45) is 29.1 Å². The third kappa shape index (κ3) is 55.5. The van der Waals surface area contributed by atoms with Gasteiger partial charge in [0.15, 0.2) is 20.2 Å². The van der Waals surface area contributed by atoms with E-state index < -0.39 is 31.8 Å². The molecule has 0 bridgehead atoms. The Hall–Kier alpha value is -0.600. The SMILES string of the molecule is CCCCCCCCC(C)C(O)=S.CCCCCCCCC(C)C(O)=S.CCCCCCCCC(C)C(O)=S.CCCCCCCCC(C)C(O)=S.OCC(CO)(CO)CO. The zero-order valence-corrected chi connectivity index (χ0v) is 43.9. The van der Waals surface area contributed by atoms with Crippen LogP contribution < -0.4 is 0 Å². The van der Waals surface area contributed by atoms with Crippen LogP contribution in [0.5, 0.6) is 0 Å². The maximum absolute atomic E-state index is 8.99. The second-order valence-corrected chi connectivity index (χ2v) is 19.0. The molecule has 8 N–H and O–H groups in total. The summed E-state index contributed by atoms with van der Waals surface area (Å²) in [6.07, 6.45) is 35.5. The van der Waals surface area contributed by atoms with Crippen molar-refractivity contribution in [3.63, 3.8) is 0 Å². The number of aliphatic hydroxyl groups is 8. The fourth-order valence-corrected chi connectivity index (χ4v) is 6.19. The molecule has 0 fully saturated rings. The van der Waals surface area contributed by atoms with Crippen LogP contribution in [0, 0.1) is 29.1 Å². The van der Waals surface area contributed by atoms with E-state index in [1.165, 1.54) is 154 Å². The van der Waals surface area contributed by atoms with Crippen LogP contribution in [-0.2, 0) is 0 Å². The molecule has 0 aliphatic carbocycles. The number of rotatable bonds is 36. The van der Waals surface area contributed by atoms with E-state index >= 15 is 0 Å². The monoisotopic (exact) mass is 945 g/mol. The number of thiocarbonyl (C=S) groups is 4. The highest BCUT2D eigenvalue weighted by Crippen LogP contribution is 2.16. The van der Waals surface area contributed by atoms with Crippen molar-refractivity contribution in [2.75, 3.05) is 26.4 Å². The number of unbranched alkanes of at least 4 members (excludes halogenated alkanes) is 20. The predicted molar refractivity (Wildman–Crippen MR) is 280 cm³/mol. The molecule has 0 aromatic heterocycles. The molecule has 4 atom stereocenters. The Morgan fingerprint density at radius 2 is 0.459 bits per heavy atom. The van der Waals surface area contributed by atoms with Gasteiger partial charge in [-0.1, -0.05) is 209 Å². The van der Waals surface area contributed by atoms with Gasteiger partial charge in [-0.25, -0.2) is 0 Å². The van der Waals surface area contributed by atoms with Crippen molar-refractivity contribution in [1.82, 2.24) is 0 Å². The van der Waals surface area contributed by atoms with Crippen molar-refractivity contribution in [3.8, 4) is 0 Å². The fraction of sp³-hybridized carbons (Fsp3) is 0.918. The smallest absolute Gasteiger partial charge is 0.159 e. The molecule has 0 aliphatic heterocycles. The third-order valence-corrected chi connectivity index (χ3v) is 12.6. The lowest BCUT2D eigenvalue weighted by atomic mass is 9.93. The molecule has 0 heterocycles. The molecule has 0 spiro atoms. The Labute approximate surface area is 398 Å². The molecule has 4 unspecified atom stereocenters. The minimum atomic E-state index is -1.11. The lowest BCUT2D eigenvalue weighted by Crippen LogP contribution is -2.37. The molecule has 0 aromatic carbocycles. The largest absolute Gasteiger partial charge is 0.502 e. The Kier molecular flexibility index (Phi) is 61.2. The van der Waals surface area contributed by atoms with Crippen LogP contribution in [0.15, 0.2) is 0 Å². The maximum Gasteiger partial charge on any atom is 0.159 e. The van der Waals surface area contributed by atoms with E-state index in [9.17, 15) is 0 Å². The van der Waals surface area contributed by atoms with Crippen molar-refractivity contribution < 1.29 is 40.9 Å². The van der Waals surface area contributed by atoms with Gasteiger partial charge < -0.3 is 40.9 Å². The van der Waals surface area contributed by atoms with Gasteiger partial charge in [-0.2, -0.15) is 0 Å². The summed E-state index contributed by atoms with van der Waals surface area (Å²) in [7, 11) is 0. The van der Waals surface area contributed by atoms with Gasteiger partial charge in [-0.05, 0) is 74.6 Å². The van der Waals surface area contributed by atoms with Gasteiger partial charge >= 0.3 is 0 Å². The summed E-state index contributed by atoms with van der Waals surface area (Å²) in [5.74, 6) is 0.838. The third-order valence-electron chi connectivity index (χ3n) is 11.0. The topological polar surface area (TPSA) is 162 Å². The summed E-state index contributed by atoms with van der Waals surface area (Å²) < 4.78 is 0. The first-order valence-electron chi connectivity index (χ1n) is 24.3. The maximum atomic E-state index is 8.99.